The average molecular weight is 253 g/mol. The Morgan fingerprint density at radius 1 is 1.61 bits per heavy atom. The minimum Gasteiger partial charge on any atom is -0.479 e. The lowest BCUT2D eigenvalue weighted by Gasteiger charge is -2.28. The molecule has 0 fully saturated rings. The Bertz CT molecular complexity index is 405. The van der Waals surface area contributed by atoms with Gasteiger partial charge in [-0.05, 0) is 13.3 Å². The van der Waals surface area contributed by atoms with E-state index in [4.69, 9.17) is 9.84 Å². The van der Waals surface area contributed by atoms with Crippen LogP contribution in [0.2, 0.25) is 0 Å². The average Bonchev–Trinajstić information content (AvgIpc) is 2.81. The Labute approximate surface area is 106 Å². The fraction of sp³-hybridized carbons (Fsp3) is 0.667. The molecule has 2 heterocycles. The second-order valence-electron chi connectivity index (χ2n) is 4.38. The maximum Gasteiger partial charge on any atom is 0.332 e. The van der Waals surface area contributed by atoms with Gasteiger partial charge in [-0.1, -0.05) is 0 Å². The van der Waals surface area contributed by atoms with Crippen molar-refractivity contribution in [3.05, 3.63) is 18.2 Å². The van der Waals surface area contributed by atoms with E-state index in [1.54, 1.807) is 6.20 Å². The minimum absolute atomic E-state index is 0.432. The third-order valence-electron chi connectivity index (χ3n) is 3.17. The van der Waals surface area contributed by atoms with Crippen molar-refractivity contribution in [2.24, 2.45) is 0 Å². The van der Waals surface area contributed by atoms with E-state index in [0.29, 0.717) is 13.0 Å². The molecule has 0 saturated carbocycles. The number of imidazole rings is 1. The highest BCUT2D eigenvalue weighted by Gasteiger charge is 2.21. The zero-order valence-electron chi connectivity index (χ0n) is 10.6. The molecular weight excluding hydrogens is 234 g/mol. The lowest BCUT2D eigenvalue weighted by molar-refractivity contribution is -0.150. The monoisotopic (exact) mass is 253 g/mol. The first-order valence-electron chi connectivity index (χ1n) is 6.27. The fourth-order valence-corrected chi connectivity index (χ4v) is 2.19. The van der Waals surface area contributed by atoms with E-state index in [-0.39, 0.29) is 0 Å². The van der Waals surface area contributed by atoms with Crippen molar-refractivity contribution in [2.45, 2.75) is 32.5 Å². The van der Waals surface area contributed by atoms with Crippen LogP contribution in [-0.2, 0) is 22.6 Å². The van der Waals surface area contributed by atoms with Crippen molar-refractivity contribution >= 4 is 5.97 Å². The van der Waals surface area contributed by atoms with Crippen LogP contribution >= 0.6 is 0 Å². The number of nitrogens with zero attached hydrogens (tertiary/aromatic N) is 3. The molecule has 1 N–H and O–H groups in total. The largest absolute Gasteiger partial charge is 0.479 e. The molecule has 1 aromatic heterocycles. The molecule has 18 heavy (non-hydrogen) atoms. The number of carboxylic acids is 1. The maximum atomic E-state index is 11.0. The molecule has 0 radical (unpaired) electrons. The van der Waals surface area contributed by atoms with Gasteiger partial charge in [0.15, 0.2) is 6.10 Å². The molecule has 1 aliphatic rings. The Hall–Kier alpha value is -1.40. The van der Waals surface area contributed by atoms with Crippen molar-refractivity contribution < 1.29 is 14.6 Å². The number of aliphatic carboxylic acids is 1. The van der Waals surface area contributed by atoms with Crippen LogP contribution < -0.4 is 0 Å². The summed E-state index contributed by atoms with van der Waals surface area (Å²) in [6, 6.07) is 0. The summed E-state index contributed by atoms with van der Waals surface area (Å²) < 4.78 is 7.33. The third kappa shape index (κ3) is 3.08. The van der Waals surface area contributed by atoms with Crippen LogP contribution in [0.3, 0.4) is 0 Å². The zero-order valence-corrected chi connectivity index (χ0v) is 10.6. The number of carboxylic acid groups (broad SMARTS) is 1. The Morgan fingerprint density at radius 3 is 3.17 bits per heavy atom. The second kappa shape index (κ2) is 5.97. The van der Waals surface area contributed by atoms with Crippen LogP contribution in [-0.4, -0.2) is 51.3 Å². The lowest BCUT2D eigenvalue weighted by atomic mass is 10.2. The standard InChI is InChI=1S/C12H19N3O3/c1-2-18-10(12(16)17)3-5-14-7-8-15-6-4-13-11(15)9-14/h4,6,10H,2-3,5,7-9H2,1H3,(H,16,17). The fourth-order valence-electron chi connectivity index (χ4n) is 2.19. The first-order valence-corrected chi connectivity index (χ1v) is 6.27. The van der Waals surface area contributed by atoms with Crippen LogP contribution in [0, 0.1) is 0 Å². The van der Waals surface area contributed by atoms with Crippen molar-refractivity contribution in [3.8, 4) is 0 Å². The number of rotatable bonds is 6. The number of fused-ring (bicyclic) bond motifs is 1. The molecule has 1 aromatic rings. The van der Waals surface area contributed by atoms with Crippen molar-refractivity contribution in [2.75, 3.05) is 19.7 Å². The molecule has 0 amide bonds. The predicted molar refractivity (Wildman–Crippen MR) is 65.2 cm³/mol. The number of hydrogen-bond acceptors (Lipinski definition) is 4. The van der Waals surface area contributed by atoms with E-state index < -0.39 is 12.1 Å². The number of carbonyl (C=O) groups is 1. The molecule has 1 atom stereocenters. The van der Waals surface area contributed by atoms with Gasteiger partial charge in [0.2, 0.25) is 0 Å². The maximum absolute atomic E-state index is 11.0. The Balaban J connectivity index is 1.82. The highest BCUT2D eigenvalue weighted by molar-refractivity contribution is 5.72. The molecule has 6 heteroatoms. The van der Waals surface area contributed by atoms with E-state index in [1.165, 1.54) is 0 Å². The molecule has 2 rings (SSSR count). The number of ether oxygens (including phenoxy) is 1. The number of aromatic nitrogens is 2. The summed E-state index contributed by atoms with van der Waals surface area (Å²) in [5.74, 6) is 0.167. The van der Waals surface area contributed by atoms with Gasteiger partial charge in [0, 0.05) is 38.6 Å². The van der Waals surface area contributed by atoms with Crippen molar-refractivity contribution in [3.63, 3.8) is 0 Å². The van der Waals surface area contributed by atoms with Gasteiger partial charge in [-0.3, -0.25) is 4.90 Å². The minimum atomic E-state index is -0.879. The van der Waals surface area contributed by atoms with E-state index in [1.807, 2.05) is 13.1 Å². The summed E-state index contributed by atoms with van der Waals surface area (Å²) in [4.78, 5) is 17.5. The van der Waals surface area contributed by atoms with Gasteiger partial charge in [-0.2, -0.15) is 0 Å². The summed E-state index contributed by atoms with van der Waals surface area (Å²) in [7, 11) is 0. The molecule has 0 saturated heterocycles. The van der Waals surface area contributed by atoms with E-state index in [2.05, 4.69) is 14.5 Å². The van der Waals surface area contributed by atoms with Crippen LogP contribution in [0.15, 0.2) is 12.4 Å². The van der Waals surface area contributed by atoms with Gasteiger partial charge in [0.25, 0.3) is 0 Å². The highest BCUT2D eigenvalue weighted by atomic mass is 16.5. The van der Waals surface area contributed by atoms with Gasteiger partial charge >= 0.3 is 5.97 Å². The normalized spacial score (nSPS) is 17.4. The summed E-state index contributed by atoms with van der Waals surface area (Å²) in [6.07, 6.45) is 3.60. The van der Waals surface area contributed by atoms with Gasteiger partial charge in [-0.25, -0.2) is 9.78 Å². The predicted octanol–water partition coefficient (Wildman–Crippen LogP) is 0.578. The smallest absolute Gasteiger partial charge is 0.332 e. The lowest BCUT2D eigenvalue weighted by Crippen LogP contribution is -2.37. The second-order valence-corrected chi connectivity index (χ2v) is 4.38. The van der Waals surface area contributed by atoms with Gasteiger partial charge in [0.05, 0.1) is 6.54 Å². The summed E-state index contributed by atoms with van der Waals surface area (Å²) >= 11 is 0. The molecule has 100 valence electrons. The Kier molecular flexibility index (Phi) is 4.33. The number of hydrogen-bond donors (Lipinski definition) is 1. The van der Waals surface area contributed by atoms with Crippen LogP contribution in [0.1, 0.15) is 19.2 Å². The SMILES string of the molecule is CCOC(CCN1CCn2ccnc2C1)C(=O)O. The quantitative estimate of drug-likeness (QED) is 0.803. The summed E-state index contributed by atoms with van der Waals surface area (Å²) in [5.41, 5.74) is 0. The highest BCUT2D eigenvalue weighted by Crippen LogP contribution is 2.11. The molecule has 0 bridgehead atoms. The van der Waals surface area contributed by atoms with Crippen molar-refractivity contribution in [1.82, 2.24) is 14.5 Å². The molecule has 1 unspecified atom stereocenters. The molecule has 0 aliphatic carbocycles. The molecule has 0 spiro atoms. The molecular formula is C12H19N3O3. The molecule has 1 aliphatic heterocycles. The topological polar surface area (TPSA) is 67.6 Å². The van der Waals surface area contributed by atoms with E-state index >= 15 is 0 Å². The van der Waals surface area contributed by atoms with Gasteiger partial charge in [-0.15, -0.1) is 0 Å². The van der Waals surface area contributed by atoms with Crippen LogP contribution in [0.4, 0.5) is 0 Å². The van der Waals surface area contributed by atoms with Gasteiger partial charge < -0.3 is 14.4 Å². The summed E-state index contributed by atoms with van der Waals surface area (Å²) in [6.45, 7) is 5.60. The van der Waals surface area contributed by atoms with Crippen LogP contribution in [0.25, 0.3) is 0 Å². The zero-order chi connectivity index (χ0) is 13.0. The first-order chi connectivity index (χ1) is 8.70. The molecule has 0 aromatic carbocycles. The molecule has 6 nitrogen and oxygen atoms in total. The van der Waals surface area contributed by atoms with Gasteiger partial charge in [0.1, 0.15) is 5.82 Å². The van der Waals surface area contributed by atoms with E-state index in [0.717, 1.165) is 32.0 Å². The Morgan fingerprint density at radius 2 is 2.44 bits per heavy atom. The third-order valence-corrected chi connectivity index (χ3v) is 3.17. The first kappa shape index (κ1) is 13.0. The van der Waals surface area contributed by atoms with E-state index in [9.17, 15) is 4.79 Å². The summed E-state index contributed by atoms with van der Waals surface area (Å²) in [5, 5.41) is 9.00. The van der Waals surface area contributed by atoms with Crippen LogP contribution in [0.5, 0.6) is 0 Å². The van der Waals surface area contributed by atoms with Crippen molar-refractivity contribution in [1.29, 1.82) is 0 Å².